The van der Waals surface area contributed by atoms with E-state index in [-0.39, 0.29) is 11.8 Å². The van der Waals surface area contributed by atoms with Crippen LogP contribution in [0.2, 0.25) is 0 Å². The molecule has 0 saturated heterocycles. The lowest BCUT2D eigenvalue weighted by atomic mass is 10.1. The van der Waals surface area contributed by atoms with Crippen LogP contribution in [0.25, 0.3) is 0 Å². The van der Waals surface area contributed by atoms with Crippen LogP contribution in [-0.4, -0.2) is 35.1 Å². The van der Waals surface area contributed by atoms with E-state index in [1.165, 1.54) is 37.4 Å². The number of amides is 2. The second kappa shape index (κ2) is 8.89. The predicted octanol–water partition coefficient (Wildman–Crippen LogP) is 3.76. The molecule has 3 rings (SSSR count). The Morgan fingerprint density at radius 1 is 1.27 bits per heavy atom. The molecule has 26 heavy (non-hydrogen) atoms. The van der Waals surface area contributed by atoms with Gasteiger partial charge in [0, 0.05) is 24.7 Å². The molecule has 1 aromatic rings. The van der Waals surface area contributed by atoms with Gasteiger partial charge in [0.1, 0.15) is 5.03 Å². The highest BCUT2D eigenvalue weighted by Crippen LogP contribution is 2.36. The summed E-state index contributed by atoms with van der Waals surface area (Å²) in [5, 5.41) is 4.12. The van der Waals surface area contributed by atoms with Gasteiger partial charge in [-0.2, -0.15) is 0 Å². The minimum Gasteiger partial charge on any atom is -0.353 e. The van der Waals surface area contributed by atoms with Crippen LogP contribution < -0.4 is 10.2 Å². The third-order valence-corrected chi connectivity index (χ3v) is 6.14. The van der Waals surface area contributed by atoms with E-state index in [2.05, 4.69) is 10.3 Å². The Hall–Kier alpha value is -1.56. The van der Waals surface area contributed by atoms with Gasteiger partial charge in [0.05, 0.1) is 11.4 Å². The number of thioether (sulfide) groups is 1. The standard InChI is InChI=1S/C20H29N3O2S/c1-14-12-15(2)21-20-19(14)23(18(25)13-26-20)11-7-10-17(24)22-16-8-5-3-4-6-9-16/h12,16H,3-11,13H2,1-2H3,(H,22,24). The SMILES string of the molecule is Cc1cc(C)c2c(n1)SCC(=O)N2CCCC(=O)NC1CCCCCC1. The number of nitrogens with one attached hydrogen (secondary N) is 1. The van der Waals surface area contributed by atoms with E-state index >= 15 is 0 Å². The molecular formula is C20H29N3O2S. The molecule has 0 bridgehead atoms. The van der Waals surface area contributed by atoms with E-state index in [0.29, 0.717) is 31.2 Å². The molecule has 2 amide bonds. The number of carbonyl (C=O) groups is 2. The molecule has 2 aliphatic rings. The van der Waals surface area contributed by atoms with Crippen molar-refractivity contribution in [1.29, 1.82) is 0 Å². The van der Waals surface area contributed by atoms with E-state index < -0.39 is 0 Å². The van der Waals surface area contributed by atoms with Gasteiger partial charge in [-0.25, -0.2) is 4.98 Å². The van der Waals surface area contributed by atoms with Crippen molar-refractivity contribution >= 4 is 29.3 Å². The molecule has 1 fully saturated rings. The molecule has 0 radical (unpaired) electrons. The lowest BCUT2D eigenvalue weighted by Gasteiger charge is -2.30. The topological polar surface area (TPSA) is 62.3 Å². The Morgan fingerprint density at radius 2 is 2.00 bits per heavy atom. The van der Waals surface area contributed by atoms with Crippen molar-refractivity contribution in [2.24, 2.45) is 0 Å². The summed E-state index contributed by atoms with van der Waals surface area (Å²) >= 11 is 1.51. The number of hydrogen-bond acceptors (Lipinski definition) is 4. The number of carbonyl (C=O) groups excluding carboxylic acids is 2. The zero-order chi connectivity index (χ0) is 18.5. The van der Waals surface area contributed by atoms with Crippen LogP contribution in [0.1, 0.15) is 62.6 Å². The smallest absolute Gasteiger partial charge is 0.237 e. The number of nitrogens with zero attached hydrogens (tertiary/aromatic N) is 2. The van der Waals surface area contributed by atoms with Gasteiger partial charge >= 0.3 is 0 Å². The maximum Gasteiger partial charge on any atom is 0.237 e. The number of aryl methyl sites for hydroxylation is 2. The Kier molecular flexibility index (Phi) is 6.57. The van der Waals surface area contributed by atoms with Gasteiger partial charge in [0.25, 0.3) is 0 Å². The second-order valence-corrected chi connectivity index (χ2v) is 8.39. The Morgan fingerprint density at radius 3 is 2.73 bits per heavy atom. The minimum atomic E-state index is 0.112. The lowest BCUT2D eigenvalue weighted by Crippen LogP contribution is -2.38. The quantitative estimate of drug-likeness (QED) is 0.796. The summed E-state index contributed by atoms with van der Waals surface area (Å²) < 4.78 is 0. The summed E-state index contributed by atoms with van der Waals surface area (Å²) in [5.41, 5.74) is 2.99. The molecule has 142 valence electrons. The second-order valence-electron chi connectivity index (χ2n) is 7.43. The van der Waals surface area contributed by atoms with Crippen molar-refractivity contribution in [3.8, 4) is 0 Å². The molecule has 0 aromatic carbocycles. The van der Waals surface area contributed by atoms with E-state index in [1.54, 1.807) is 0 Å². The van der Waals surface area contributed by atoms with Crippen molar-refractivity contribution in [2.45, 2.75) is 76.3 Å². The summed E-state index contributed by atoms with van der Waals surface area (Å²) in [5.74, 6) is 0.659. The average molecular weight is 376 g/mol. The fraction of sp³-hybridized carbons (Fsp3) is 0.650. The molecule has 1 aromatic heterocycles. The lowest BCUT2D eigenvalue weighted by molar-refractivity contribution is -0.122. The molecule has 1 aliphatic heterocycles. The first-order valence-electron chi connectivity index (χ1n) is 9.75. The van der Waals surface area contributed by atoms with Gasteiger partial charge in [-0.05, 0) is 44.7 Å². The minimum absolute atomic E-state index is 0.112. The van der Waals surface area contributed by atoms with Gasteiger partial charge in [0.15, 0.2) is 0 Å². The van der Waals surface area contributed by atoms with Crippen molar-refractivity contribution < 1.29 is 9.59 Å². The number of rotatable bonds is 5. The van der Waals surface area contributed by atoms with E-state index in [1.807, 2.05) is 24.8 Å². The van der Waals surface area contributed by atoms with Gasteiger partial charge in [0.2, 0.25) is 11.8 Å². The van der Waals surface area contributed by atoms with Crippen LogP contribution in [0.4, 0.5) is 5.69 Å². The number of hydrogen-bond donors (Lipinski definition) is 1. The number of fused-ring (bicyclic) bond motifs is 1. The van der Waals surface area contributed by atoms with Crippen LogP contribution in [0.3, 0.4) is 0 Å². The van der Waals surface area contributed by atoms with Crippen LogP contribution in [0, 0.1) is 13.8 Å². The van der Waals surface area contributed by atoms with Gasteiger partial charge in [-0.1, -0.05) is 37.4 Å². The van der Waals surface area contributed by atoms with Crippen molar-refractivity contribution in [3.05, 3.63) is 17.3 Å². The normalized spacial score (nSPS) is 18.4. The molecule has 0 atom stereocenters. The first kappa shape index (κ1) is 19.2. The molecule has 2 heterocycles. The van der Waals surface area contributed by atoms with E-state index in [9.17, 15) is 9.59 Å². The molecular weight excluding hydrogens is 346 g/mol. The van der Waals surface area contributed by atoms with E-state index in [0.717, 1.165) is 34.8 Å². The third kappa shape index (κ3) is 4.78. The molecule has 6 heteroatoms. The number of anilines is 1. The molecule has 1 aliphatic carbocycles. The summed E-state index contributed by atoms with van der Waals surface area (Å²) in [7, 11) is 0. The van der Waals surface area contributed by atoms with Crippen LogP contribution >= 0.6 is 11.8 Å². The Bertz CT molecular complexity index is 669. The van der Waals surface area contributed by atoms with Gasteiger partial charge in [-0.15, -0.1) is 0 Å². The van der Waals surface area contributed by atoms with E-state index in [4.69, 9.17) is 0 Å². The zero-order valence-electron chi connectivity index (χ0n) is 15.8. The summed E-state index contributed by atoms with van der Waals surface area (Å²) in [6.45, 7) is 4.58. The largest absolute Gasteiger partial charge is 0.353 e. The number of aromatic nitrogens is 1. The highest BCUT2D eigenvalue weighted by molar-refractivity contribution is 8.00. The highest BCUT2D eigenvalue weighted by Gasteiger charge is 2.27. The monoisotopic (exact) mass is 375 g/mol. The predicted molar refractivity (Wildman–Crippen MR) is 106 cm³/mol. The van der Waals surface area contributed by atoms with Gasteiger partial charge in [-0.3, -0.25) is 9.59 Å². The van der Waals surface area contributed by atoms with Crippen molar-refractivity contribution in [2.75, 3.05) is 17.2 Å². The van der Waals surface area contributed by atoms with Crippen molar-refractivity contribution in [3.63, 3.8) is 0 Å². The van der Waals surface area contributed by atoms with Gasteiger partial charge < -0.3 is 10.2 Å². The Labute approximate surface area is 160 Å². The van der Waals surface area contributed by atoms with Crippen molar-refractivity contribution in [1.82, 2.24) is 10.3 Å². The highest BCUT2D eigenvalue weighted by atomic mass is 32.2. The molecule has 5 nitrogen and oxygen atoms in total. The zero-order valence-corrected chi connectivity index (χ0v) is 16.7. The Balaban J connectivity index is 1.55. The summed E-state index contributed by atoms with van der Waals surface area (Å²) in [6, 6.07) is 2.36. The molecule has 1 N–H and O–H groups in total. The van der Waals surface area contributed by atoms with Crippen LogP contribution in [0.5, 0.6) is 0 Å². The fourth-order valence-electron chi connectivity index (χ4n) is 3.92. The maximum atomic E-state index is 12.4. The average Bonchev–Trinajstić information content (AvgIpc) is 2.85. The van der Waals surface area contributed by atoms with Crippen LogP contribution in [0.15, 0.2) is 11.1 Å². The molecule has 1 saturated carbocycles. The van der Waals surface area contributed by atoms with Crippen LogP contribution in [-0.2, 0) is 9.59 Å². The number of pyridine rings is 1. The molecule has 0 unspecified atom stereocenters. The first-order chi connectivity index (χ1) is 12.5. The maximum absolute atomic E-state index is 12.4. The fourth-order valence-corrected chi connectivity index (χ4v) is 4.95. The summed E-state index contributed by atoms with van der Waals surface area (Å²) in [6.07, 6.45) is 8.36. The third-order valence-electron chi connectivity index (χ3n) is 5.19. The first-order valence-corrected chi connectivity index (χ1v) is 10.7. The molecule has 0 spiro atoms. The summed E-state index contributed by atoms with van der Waals surface area (Å²) in [4.78, 5) is 31.1.